The zero-order valence-corrected chi connectivity index (χ0v) is 12.5. The van der Waals surface area contributed by atoms with Crippen molar-refractivity contribution in [3.63, 3.8) is 0 Å². The fourth-order valence-corrected chi connectivity index (χ4v) is 1.11. The highest BCUT2D eigenvalue weighted by atomic mass is 79.9. The number of allylic oxidation sites excluding steroid dienone is 1. The Labute approximate surface area is 115 Å². The lowest BCUT2D eigenvalue weighted by Gasteiger charge is -2.19. The summed E-state index contributed by atoms with van der Waals surface area (Å²) in [5, 5.41) is 5.19. The van der Waals surface area contributed by atoms with Gasteiger partial charge in [0.05, 0.1) is 4.47 Å². The number of amides is 2. The van der Waals surface area contributed by atoms with Crippen LogP contribution in [0.25, 0.3) is 0 Å². The fraction of sp³-hybridized carbons (Fsp3) is 0.417. The summed E-state index contributed by atoms with van der Waals surface area (Å²) in [5.41, 5.74) is 1.11. The van der Waals surface area contributed by atoms with Gasteiger partial charge in [0.1, 0.15) is 0 Å². The highest BCUT2D eigenvalue weighted by Crippen LogP contribution is 2.23. The van der Waals surface area contributed by atoms with Crippen molar-refractivity contribution in [3.05, 3.63) is 28.6 Å². The lowest BCUT2D eigenvalue weighted by atomic mass is 9.88. The van der Waals surface area contributed by atoms with Crippen LogP contribution < -0.4 is 10.6 Å². The van der Waals surface area contributed by atoms with Gasteiger partial charge in [0.2, 0.25) is 5.95 Å². The number of anilines is 1. The fourth-order valence-electron chi connectivity index (χ4n) is 0.905. The molecule has 6 heteroatoms. The molecule has 1 rings (SSSR count). The monoisotopic (exact) mass is 312 g/mol. The number of nitrogens with zero attached hydrogens (tertiary/aromatic N) is 2. The molecule has 0 aliphatic rings. The third kappa shape index (κ3) is 4.83. The van der Waals surface area contributed by atoms with Gasteiger partial charge in [-0.25, -0.2) is 14.8 Å². The quantitative estimate of drug-likeness (QED) is 0.880. The number of hydrogen-bond donors (Lipinski definition) is 2. The first-order valence-corrected chi connectivity index (χ1v) is 6.30. The molecule has 98 valence electrons. The van der Waals surface area contributed by atoms with E-state index in [-0.39, 0.29) is 17.4 Å². The van der Waals surface area contributed by atoms with Gasteiger partial charge in [-0.15, -0.1) is 0 Å². The van der Waals surface area contributed by atoms with Crippen LogP contribution in [0.2, 0.25) is 0 Å². The standard InChI is InChI=1S/C12H17BrN4O/c1-8(12(2,3)4)5-16-11(18)17-10-14-6-9(13)7-15-10/h5-7H,1-4H3,(H2,14,15,16,17,18)/b8-5+. The summed E-state index contributed by atoms with van der Waals surface area (Å²) in [6.07, 6.45) is 4.83. The first kappa shape index (κ1) is 14.6. The van der Waals surface area contributed by atoms with Crippen molar-refractivity contribution in [2.75, 3.05) is 5.32 Å². The molecule has 0 bridgehead atoms. The Kier molecular flexibility index (Phi) is 4.84. The summed E-state index contributed by atoms with van der Waals surface area (Å²) in [6, 6.07) is -0.360. The van der Waals surface area contributed by atoms with E-state index in [0.717, 1.165) is 10.0 Å². The molecule has 2 amide bonds. The molecule has 0 spiro atoms. The Balaban J connectivity index is 2.55. The minimum atomic E-state index is -0.360. The van der Waals surface area contributed by atoms with E-state index in [1.54, 1.807) is 18.6 Å². The summed E-state index contributed by atoms with van der Waals surface area (Å²) in [5.74, 6) is 0.262. The number of nitrogens with one attached hydrogen (secondary N) is 2. The Bertz CT molecular complexity index is 448. The number of halogens is 1. The molecule has 0 aliphatic carbocycles. The molecule has 2 N–H and O–H groups in total. The van der Waals surface area contributed by atoms with Gasteiger partial charge in [-0.05, 0) is 28.3 Å². The van der Waals surface area contributed by atoms with E-state index in [0.29, 0.717) is 0 Å². The predicted octanol–water partition coefficient (Wildman–Crippen LogP) is 3.31. The lowest BCUT2D eigenvalue weighted by molar-refractivity contribution is 0.254. The molecule has 5 nitrogen and oxygen atoms in total. The number of rotatable bonds is 2. The predicted molar refractivity (Wildman–Crippen MR) is 75.1 cm³/mol. The summed E-state index contributed by atoms with van der Waals surface area (Å²) < 4.78 is 0.761. The van der Waals surface area contributed by atoms with Crippen LogP contribution >= 0.6 is 15.9 Å². The van der Waals surface area contributed by atoms with Crippen LogP contribution in [0.3, 0.4) is 0 Å². The van der Waals surface area contributed by atoms with Crippen LogP contribution in [-0.4, -0.2) is 16.0 Å². The molecular formula is C12H17BrN4O. The summed E-state index contributed by atoms with van der Waals surface area (Å²) in [6.45, 7) is 8.21. The highest BCUT2D eigenvalue weighted by Gasteiger charge is 2.12. The third-order valence-corrected chi connectivity index (χ3v) is 2.86. The molecule has 18 heavy (non-hydrogen) atoms. The molecule has 0 aliphatic heterocycles. The second-order valence-corrected chi connectivity index (χ2v) is 5.82. The first-order valence-electron chi connectivity index (χ1n) is 5.51. The maximum atomic E-state index is 11.6. The minimum Gasteiger partial charge on any atom is -0.314 e. The van der Waals surface area contributed by atoms with Crippen molar-refractivity contribution < 1.29 is 4.79 Å². The van der Waals surface area contributed by atoms with Gasteiger partial charge in [-0.2, -0.15) is 0 Å². The molecule has 0 unspecified atom stereocenters. The number of urea groups is 1. The maximum Gasteiger partial charge on any atom is 0.325 e. The van der Waals surface area contributed by atoms with E-state index < -0.39 is 0 Å². The average Bonchev–Trinajstić information content (AvgIpc) is 2.28. The normalized spacial score (nSPS) is 12.2. The van der Waals surface area contributed by atoms with Crippen molar-refractivity contribution in [1.29, 1.82) is 0 Å². The average molecular weight is 313 g/mol. The van der Waals surface area contributed by atoms with Gasteiger partial charge in [-0.1, -0.05) is 26.3 Å². The molecule has 1 aromatic heterocycles. The molecule has 0 fully saturated rings. The topological polar surface area (TPSA) is 66.9 Å². The van der Waals surface area contributed by atoms with Crippen LogP contribution in [0.4, 0.5) is 10.7 Å². The van der Waals surface area contributed by atoms with Gasteiger partial charge >= 0.3 is 6.03 Å². The smallest absolute Gasteiger partial charge is 0.314 e. The van der Waals surface area contributed by atoms with Crippen LogP contribution in [0.1, 0.15) is 27.7 Å². The molecule has 1 aromatic rings. The molecular weight excluding hydrogens is 296 g/mol. The van der Waals surface area contributed by atoms with Crippen molar-refractivity contribution in [2.45, 2.75) is 27.7 Å². The van der Waals surface area contributed by atoms with Gasteiger partial charge in [0, 0.05) is 18.6 Å². The second-order valence-electron chi connectivity index (χ2n) is 4.90. The Hall–Kier alpha value is -1.43. The second kappa shape index (κ2) is 5.95. The number of carbonyl (C=O) groups is 1. The summed E-state index contributed by atoms with van der Waals surface area (Å²) in [7, 11) is 0. The Morgan fingerprint density at radius 2 is 1.89 bits per heavy atom. The van der Waals surface area contributed by atoms with Gasteiger partial charge in [-0.3, -0.25) is 5.32 Å². The molecule has 0 saturated heterocycles. The van der Waals surface area contributed by atoms with Crippen molar-refractivity contribution in [2.24, 2.45) is 5.41 Å². The van der Waals surface area contributed by atoms with Crippen LogP contribution in [0.5, 0.6) is 0 Å². The highest BCUT2D eigenvalue weighted by molar-refractivity contribution is 9.10. The van der Waals surface area contributed by atoms with Crippen LogP contribution in [-0.2, 0) is 0 Å². The van der Waals surface area contributed by atoms with Gasteiger partial charge < -0.3 is 5.32 Å². The van der Waals surface area contributed by atoms with Gasteiger partial charge in [0.15, 0.2) is 0 Å². The molecule has 0 atom stereocenters. The van der Waals surface area contributed by atoms with Crippen molar-refractivity contribution in [3.8, 4) is 0 Å². The van der Waals surface area contributed by atoms with E-state index in [1.165, 1.54) is 0 Å². The van der Waals surface area contributed by atoms with Crippen LogP contribution in [0, 0.1) is 5.41 Å². The zero-order chi connectivity index (χ0) is 13.8. The largest absolute Gasteiger partial charge is 0.325 e. The number of aromatic nitrogens is 2. The van der Waals surface area contributed by atoms with E-state index >= 15 is 0 Å². The van der Waals surface area contributed by atoms with E-state index in [2.05, 4.69) is 57.3 Å². The molecule has 0 aromatic carbocycles. The number of hydrogen-bond acceptors (Lipinski definition) is 3. The summed E-state index contributed by atoms with van der Waals surface area (Å²) >= 11 is 3.22. The van der Waals surface area contributed by atoms with E-state index in [9.17, 15) is 4.79 Å². The maximum absolute atomic E-state index is 11.6. The SMILES string of the molecule is C/C(=C\NC(=O)Nc1ncc(Br)cn1)C(C)(C)C. The third-order valence-electron chi connectivity index (χ3n) is 2.45. The van der Waals surface area contributed by atoms with Crippen molar-refractivity contribution in [1.82, 2.24) is 15.3 Å². The minimum absolute atomic E-state index is 0.0292. The van der Waals surface area contributed by atoms with Gasteiger partial charge in [0.25, 0.3) is 0 Å². The zero-order valence-electron chi connectivity index (χ0n) is 10.9. The number of carbonyl (C=O) groups excluding carboxylic acids is 1. The van der Waals surface area contributed by atoms with E-state index in [4.69, 9.17) is 0 Å². The lowest BCUT2D eigenvalue weighted by Crippen LogP contribution is -2.26. The van der Waals surface area contributed by atoms with Crippen molar-refractivity contribution >= 4 is 27.9 Å². The molecule has 0 saturated carbocycles. The Morgan fingerprint density at radius 3 is 2.39 bits per heavy atom. The molecule has 0 radical (unpaired) electrons. The summed E-state index contributed by atoms with van der Waals surface area (Å²) in [4.78, 5) is 19.5. The van der Waals surface area contributed by atoms with Crippen LogP contribution in [0.15, 0.2) is 28.6 Å². The molecule has 1 heterocycles. The Morgan fingerprint density at radius 1 is 1.33 bits per heavy atom. The van der Waals surface area contributed by atoms with E-state index in [1.807, 2.05) is 6.92 Å². The first-order chi connectivity index (χ1) is 8.29.